The molecule has 0 spiro atoms. The van der Waals surface area contributed by atoms with Crippen LogP contribution < -0.4 is 4.90 Å². The van der Waals surface area contributed by atoms with Gasteiger partial charge in [-0.2, -0.15) is 0 Å². The maximum Gasteiger partial charge on any atom is 0.141 e. The molecule has 1 aromatic heterocycles. The smallest absolute Gasteiger partial charge is 0.141 e. The van der Waals surface area contributed by atoms with Crippen LogP contribution in [0.3, 0.4) is 0 Å². The molecule has 1 aliphatic heterocycles. The van der Waals surface area contributed by atoms with Crippen LogP contribution in [0, 0.1) is 5.82 Å². The molecule has 1 atom stereocenters. The summed E-state index contributed by atoms with van der Waals surface area (Å²) >= 11 is 5.83. The van der Waals surface area contributed by atoms with Crippen LogP contribution in [0.2, 0.25) is 0 Å². The molecule has 0 saturated carbocycles. The van der Waals surface area contributed by atoms with Crippen molar-refractivity contribution in [3.05, 3.63) is 24.1 Å². The zero-order chi connectivity index (χ0) is 10.7. The summed E-state index contributed by atoms with van der Waals surface area (Å²) < 4.78 is 18.0. The van der Waals surface area contributed by atoms with E-state index in [0.29, 0.717) is 19.1 Å². The third-order valence-corrected chi connectivity index (χ3v) is 2.77. The van der Waals surface area contributed by atoms with Crippen LogP contribution in [0.4, 0.5) is 10.2 Å². The van der Waals surface area contributed by atoms with E-state index >= 15 is 0 Å². The fourth-order valence-corrected chi connectivity index (χ4v) is 1.88. The van der Waals surface area contributed by atoms with E-state index in [2.05, 4.69) is 9.88 Å². The number of rotatable bonds is 2. The number of anilines is 1. The molecule has 15 heavy (non-hydrogen) atoms. The molecule has 5 heteroatoms. The van der Waals surface area contributed by atoms with Crippen LogP contribution in [0.5, 0.6) is 0 Å². The zero-order valence-corrected chi connectivity index (χ0v) is 8.95. The predicted octanol–water partition coefficient (Wildman–Crippen LogP) is 1.66. The number of aromatic nitrogens is 1. The molecule has 0 aliphatic carbocycles. The molecule has 3 nitrogen and oxygen atoms in total. The summed E-state index contributed by atoms with van der Waals surface area (Å²) in [7, 11) is 0. The summed E-state index contributed by atoms with van der Waals surface area (Å²) in [6.45, 7) is 2.00. The van der Waals surface area contributed by atoms with Crippen molar-refractivity contribution in [1.82, 2.24) is 4.98 Å². The Morgan fingerprint density at radius 3 is 3.13 bits per heavy atom. The number of pyridine rings is 1. The Morgan fingerprint density at radius 1 is 1.60 bits per heavy atom. The van der Waals surface area contributed by atoms with Crippen molar-refractivity contribution in [3.63, 3.8) is 0 Å². The summed E-state index contributed by atoms with van der Waals surface area (Å²) in [5.74, 6) is 0.916. The van der Waals surface area contributed by atoms with Gasteiger partial charge < -0.3 is 9.64 Å². The number of hydrogen-bond donors (Lipinski definition) is 0. The highest BCUT2D eigenvalue weighted by molar-refractivity contribution is 6.18. The molecule has 0 radical (unpaired) electrons. The lowest BCUT2D eigenvalue weighted by Gasteiger charge is -2.35. The average molecular weight is 231 g/mol. The lowest BCUT2D eigenvalue weighted by atomic mass is 10.2. The van der Waals surface area contributed by atoms with E-state index < -0.39 is 0 Å². The summed E-state index contributed by atoms with van der Waals surface area (Å²) in [6, 6.07) is 3.20. The fourth-order valence-electron chi connectivity index (χ4n) is 1.62. The van der Waals surface area contributed by atoms with Gasteiger partial charge in [0.2, 0.25) is 0 Å². The Kier molecular flexibility index (Phi) is 3.38. The molecular formula is C10H12ClFN2O. The molecule has 1 unspecified atom stereocenters. The van der Waals surface area contributed by atoms with E-state index in [4.69, 9.17) is 16.3 Å². The summed E-state index contributed by atoms with van der Waals surface area (Å²) in [6.07, 6.45) is 1.22. The number of halogens is 2. The van der Waals surface area contributed by atoms with Gasteiger partial charge in [0.1, 0.15) is 11.6 Å². The summed E-state index contributed by atoms with van der Waals surface area (Å²) in [4.78, 5) is 6.09. The third-order valence-electron chi connectivity index (χ3n) is 2.41. The Bertz CT molecular complexity index is 320. The second kappa shape index (κ2) is 4.77. The highest BCUT2D eigenvalue weighted by Crippen LogP contribution is 2.17. The van der Waals surface area contributed by atoms with Gasteiger partial charge in [0.25, 0.3) is 0 Å². The fraction of sp³-hybridized carbons (Fsp3) is 0.500. The van der Waals surface area contributed by atoms with Crippen molar-refractivity contribution in [1.29, 1.82) is 0 Å². The molecule has 1 fully saturated rings. The monoisotopic (exact) mass is 230 g/mol. The first kappa shape index (κ1) is 10.6. The van der Waals surface area contributed by atoms with Crippen molar-refractivity contribution in [3.8, 4) is 0 Å². The molecule has 1 aliphatic rings. The number of ether oxygens (including phenoxy) is 1. The Hall–Kier alpha value is -0.870. The minimum absolute atomic E-state index is 0.123. The lowest BCUT2D eigenvalue weighted by Crippen LogP contribution is -2.47. The number of alkyl halides is 1. The third kappa shape index (κ3) is 2.38. The predicted molar refractivity (Wildman–Crippen MR) is 56.9 cm³/mol. The lowest BCUT2D eigenvalue weighted by molar-refractivity contribution is 0.0994. The largest absolute Gasteiger partial charge is 0.377 e. The topological polar surface area (TPSA) is 25.4 Å². The van der Waals surface area contributed by atoms with Crippen molar-refractivity contribution < 1.29 is 9.13 Å². The van der Waals surface area contributed by atoms with Crippen molar-refractivity contribution in [2.24, 2.45) is 0 Å². The maximum absolute atomic E-state index is 12.7. The van der Waals surface area contributed by atoms with Gasteiger partial charge in [-0.1, -0.05) is 0 Å². The highest BCUT2D eigenvalue weighted by atomic mass is 35.5. The van der Waals surface area contributed by atoms with Crippen molar-refractivity contribution >= 4 is 17.4 Å². The summed E-state index contributed by atoms with van der Waals surface area (Å²) in [5.41, 5.74) is 0. The first-order valence-corrected chi connectivity index (χ1v) is 5.36. The van der Waals surface area contributed by atoms with Crippen LogP contribution in [-0.2, 0) is 4.74 Å². The van der Waals surface area contributed by atoms with Crippen LogP contribution in [-0.4, -0.2) is 36.7 Å². The van der Waals surface area contributed by atoms with Gasteiger partial charge in [0.05, 0.1) is 25.5 Å². The summed E-state index contributed by atoms with van der Waals surface area (Å²) in [5, 5.41) is 0. The standard InChI is InChI=1S/C10H12ClFN2O/c11-5-9-7-15-4-3-14(9)10-2-1-8(12)6-13-10/h1-2,6,9H,3-5,7H2. The molecule has 0 bridgehead atoms. The number of morpholine rings is 1. The molecule has 2 rings (SSSR count). The SMILES string of the molecule is Fc1ccc(N2CCOCC2CCl)nc1. The van der Waals surface area contributed by atoms with Crippen LogP contribution in [0.15, 0.2) is 18.3 Å². The number of nitrogens with zero attached hydrogens (tertiary/aromatic N) is 2. The molecule has 0 amide bonds. The van der Waals surface area contributed by atoms with Crippen LogP contribution in [0.25, 0.3) is 0 Å². The van der Waals surface area contributed by atoms with E-state index in [1.165, 1.54) is 12.3 Å². The van der Waals surface area contributed by atoms with E-state index in [1.807, 2.05) is 0 Å². The zero-order valence-electron chi connectivity index (χ0n) is 8.20. The van der Waals surface area contributed by atoms with Crippen LogP contribution in [0.1, 0.15) is 0 Å². The van der Waals surface area contributed by atoms with Gasteiger partial charge in [-0.05, 0) is 12.1 Å². The van der Waals surface area contributed by atoms with Gasteiger partial charge >= 0.3 is 0 Å². The highest BCUT2D eigenvalue weighted by Gasteiger charge is 2.23. The molecule has 1 saturated heterocycles. The minimum Gasteiger partial charge on any atom is -0.377 e. The molecular weight excluding hydrogens is 219 g/mol. The maximum atomic E-state index is 12.7. The Morgan fingerprint density at radius 2 is 2.47 bits per heavy atom. The van der Waals surface area contributed by atoms with E-state index in [9.17, 15) is 4.39 Å². The van der Waals surface area contributed by atoms with Gasteiger partial charge in [0.15, 0.2) is 0 Å². The van der Waals surface area contributed by atoms with Gasteiger partial charge in [-0.15, -0.1) is 11.6 Å². The number of hydrogen-bond acceptors (Lipinski definition) is 3. The minimum atomic E-state index is -0.325. The molecule has 0 aromatic carbocycles. The molecule has 82 valence electrons. The quantitative estimate of drug-likeness (QED) is 0.723. The van der Waals surface area contributed by atoms with Gasteiger partial charge in [-0.25, -0.2) is 9.37 Å². The van der Waals surface area contributed by atoms with Gasteiger partial charge in [0, 0.05) is 12.4 Å². The second-order valence-corrected chi connectivity index (χ2v) is 3.72. The average Bonchev–Trinajstić information content (AvgIpc) is 2.30. The van der Waals surface area contributed by atoms with Crippen LogP contribution >= 0.6 is 11.6 Å². The normalized spacial score (nSPS) is 21.7. The van der Waals surface area contributed by atoms with Crippen molar-refractivity contribution in [2.75, 3.05) is 30.5 Å². The van der Waals surface area contributed by atoms with E-state index in [1.54, 1.807) is 6.07 Å². The van der Waals surface area contributed by atoms with Crippen molar-refractivity contribution in [2.45, 2.75) is 6.04 Å². The Balaban J connectivity index is 2.16. The first-order valence-electron chi connectivity index (χ1n) is 4.83. The first-order chi connectivity index (χ1) is 7.31. The molecule has 1 aromatic rings. The van der Waals surface area contributed by atoms with E-state index in [-0.39, 0.29) is 11.9 Å². The van der Waals surface area contributed by atoms with E-state index in [0.717, 1.165) is 12.4 Å². The Labute approximate surface area is 92.8 Å². The molecule has 2 heterocycles. The second-order valence-electron chi connectivity index (χ2n) is 3.41. The van der Waals surface area contributed by atoms with Gasteiger partial charge in [-0.3, -0.25) is 0 Å². The molecule has 0 N–H and O–H groups in total.